The number of halogens is 1. The number of ether oxygens (including phenoxy) is 2. The number of hydrogen-bond acceptors (Lipinski definition) is 2. The minimum absolute atomic E-state index is 0.0901. The lowest BCUT2D eigenvalue weighted by atomic mass is 10.1. The third-order valence-corrected chi connectivity index (χ3v) is 5.00. The van der Waals surface area contributed by atoms with Crippen LogP contribution in [0.15, 0.2) is 42.5 Å². The molecule has 2 N–H and O–H groups in total. The highest BCUT2D eigenvalue weighted by atomic mass is 19.1. The minimum atomic E-state index is -0.0901. The van der Waals surface area contributed by atoms with Gasteiger partial charge in [0.1, 0.15) is 56.6 Å². The molecule has 1 heterocycles. The second-order valence-corrected chi connectivity index (χ2v) is 6.62. The minimum Gasteiger partial charge on any atom is -0.497 e. The second kappa shape index (κ2) is 8.32. The largest absolute Gasteiger partial charge is 0.497 e. The Morgan fingerprint density at radius 2 is 1.48 bits per heavy atom. The Hall–Kier alpha value is -2.11. The molecule has 0 atom stereocenters. The van der Waals surface area contributed by atoms with Gasteiger partial charge < -0.3 is 19.3 Å². The van der Waals surface area contributed by atoms with E-state index in [1.807, 2.05) is 24.3 Å². The normalized spacial score (nSPS) is 20.3. The summed E-state index contributed by atoms with van der Waals surface area (Å²) >= 11 is 0. The zero-order valence-electron chi connectivity index (χ0n) is 15.0. The lowest BCUT2D eigenvalue weighted by molar-refractivity contribution is -1.02. The molecular weight excluding hydrogens is 319 g/mol. The van der Waals surface area contributed by atoms with Crippen molar-refractivity contribution in [2.45, 2.75) is 13.1 Å². The van der Waals surface area contributed by atoms with Crippen LogP contribution in [0.4, 0.5) is 4.39 Å². The van der Waals surface area contributed by atoms with Crippen LogP contribution in [0.1, 0.15) is 11.1 Å². The van der Waals surface area contributed by atoms with Crippen molar-refractivity contribution in [3.05, 3.63) is 59.4 Å². The van der Waals surface area contributed by atoms with E-state index in [4.69, 9.17) is 9.47 Å². The van der Waals surface area contributed by atoms with Gasteiger partial charge in [-0.3, -0.25) is 0 Å². The maximum absolute atomic E-state index is 13.8. The highest BCUT2D eigenvalue weighted by Gasteiger charge is 2.24. The van der Waals surface area contributed by atoms with Crippen molar-refractivity contribution in [3.63, 3.8) is 0 Å². The molecule has 134 valence electrons. The van der Waals surface area contributed by atoms with E-state index >= 15 is 0 Å². The molecular formula is C20H27FN2O2+2. The van der Waals surface area contributed by atoms with Crippen molar-refractivity contribution in [3.8, 4) is 11.5 Å². The predicted molar refractivity (Wildman–Crippen MR) is 94.7 cm³/mol. The molecule has 0 aromatic heterocycles. The highest BCUT2D eigenvalue weighted by molar-refractivity contribution is 5.40. The van der Waals surface area contributed by atoms with Crippen molar-refractivity contribution in [2.75, 3.05) is 40.4 Å². The first-order chi connectivity index (χ1) is 12.2. The van der Waals surface area contributed by atoms with E-state index in [0.29, 0.717) is 0 Å². The van der Waals surface area contributed by atoms with Gasteiger partial charge in [0.05, 0.1) is 14.2 Å². The first-order valence-electron chi connectivity index (χ1n) is 8.81. The average Bonchev–Trinajstić information content (AvgIpc) is 2.65. The third-order valence-electron chi connectivity index (χ3n) is 5.00. The summed E-state index contributed by atoms with van der Waals surface area (Å²) in [5.41, 5.74) is 2.02. The molecule has 0 spiro atoms. The molecule has 25 heavy (non-hydrogen) atoms. The van der Waals surface area contributed by atoms with Crippen LogP contribution in [0.3, 0.4) is 0 Å². The molecule has 1 aliphatic rings. The van der Waals surface area contributed by atoms with Crippen molar-refractivity contribution in [2.24, 2.45) is 0 Å². The van der Waals surface area contributed by atoms with E-state index in [9.17, 15) is 4.39 Å². The van der Waals surface area contributed by atoms with Crippen LogP contribution in [0.25, 0.3) is 0 Å². The van der Waals surface area contributed by atoms with Crippen LogP contribution in [-0.4, -0.2) is 40.4 Å². The van der Waals surface area contributed by atoms with Gasteiger partial charge in [-0.15, -0.1) is 0 Å². The number of benzene rings is 2. The molecule has 1 saturated heterocycles. The monoisotopic (exact) mass is 346 g/mol. The van der Waals surface area contributed by atoms with Gasteiger partial charge >= 0.3 is 0 Å². The van der Waals surface area contributed by atoms with E-state index in [0.717, 1.165) is 56.3 Å². The van der Waals surface area contributed by atoms with Gasteiger partial charge in [0.2, 0.25) is 0 Å². The fraction of sp³-hybridized carbons (Fsp3) is 0.400. The Morgan fingerprint density at radius 3 is 2.08 bits per heavy atom. The van der Waals surface area contributed by atoms with Gasteiger partial charge in [0.25, 0.3) is 0 Å². The molecule has 2 aromatic rings. The van der Waals surface area contributed by atoms with Crippen molar-refractivity contribution >= 4 is 0 Å². The fourth-order valence-corrected chi connectivity index (χ4v) is 3.49. The summed E-state index contributed by atoms with van der Waals surface area (Å²) in [4.78, 5) is 3.00. The molecule has 0 aliphatic carbocycles. The molecule has 0 saturated carbocycles. The summed E-state index contributed by atoms with van der Waals surface area (Å²) in [7, 11) is 3.36. The quantitative estimate of drug-likeness (QED) is 0.789. The van der Waals surface area contributed by atoms with Crippen molar-refractivity contribution < 1.29 is 23.7 Å². The van der Waals surface area contributed by atoms with E-state index in [2.05, 4.69) is 6.07 Å². The molecule has 0 bridgehead atoms. The number of rotatable bonds is 6. The van der Waals surface area contributed by atoms with Crippen LogP contribution in [0.2, 0.25) is 0 Å². The number of quaternary nitrogens is 2. The molecule has 1 fully saturated rings. The first-order valence-corrected chi connectivity index (χ1v) is 8.81. The van der Waals surface area contributed by atoms with E-state index in [1.165, 1.54) is 10.5 Å². The predicted octanol–water partition coefficient (Wildman–Crippen LogP) is 0.327. The van der Waals surface area contributed by atoms with Gasteiger partial charge in [0.15, 0.2) is 0 Å². The van der Waals surface area contributed by atoms with Crippen LogP contribution in [0, 0.1) is 5.82 Å². The maximum Gasteiger partial charge on any atom is 0.132 e. The molecule has 3 rings (SSSR count). The second-order valence-electron chi connectivity index (χ2n) is 6.62. The van der Waals surface area contributed by atoms with Crippen molar-refractivity contribution in [1.82, 2.24) is 0 Å². The van der Waals surface area contributed by atoms with E-state index in [-0.39, 0.29) is 5.82 Å². The smallest absolute Gasteiger partial charge is 0.132 e. The maximum atomic E-state index is 13.8. The Bertz CT molecular complexity index is 700. The summed E-state index contributed by atoms with van der Waals surface area (Å²) in [6, 6.07) is 13.1. The standard InChI is InChI=1S/C20H25FN2O2/c1-24-18-8-7-17(20(13-18)25-2)15-23-11-9-22(10-12-23)14-16-5-3-4-6-19(16)21/h3-8,13H,9-12,14-15H2,1-2H3/p+2. The van der Waals surface area contributed by atoms with E-state index < -0.39 is 0 Å². The lowest BCUT2D eigenvalue weighted by Crippen LogP contribution is -3.27. The summed E-state index contributed by atoms with van der Waals surface area (Å²) in [6.45, 7) is 5.99. The molecule has 2 aromatic carbocycles. The van der Waals surface area contributed by atoms with Crippen molar-refractivity contribution in [1.29, 1.82) is 0 Å². The molecule has 4 nitrogen and oxygen atoms in total. The third kappa shape index (κ3) is 4.50. The molecule has 1 aliphatic heterocycles. The summed E-state index contributed by atoms with van der Waals surface area (Å²) < 4.78 is 24.6. The molecule has 5 heteroatoms. The van der Waals surface area contributed by atoms with Crippen LogP contribution >= 0.6 is 0 Å². The summed E-state index contributed by atoms with van der Waals surface area (Å²) in [6.07, 6.45) is 0. The molecule has 0 unspecified atom stereocenters. The number of nitrogens with one attached hydrogen (secondary N) is 2. The fourth-order valence-electron chi connectivity index (χ4n) is 3.49. The van der Waals surface area contributed by atoms with Gasteiger partial charge in [-0.05, 0) is 18.2 Å². The average molecular weight is 346 g/mol. The number of methoxy groups -OCH3 is 2. The lowest BCUT2D eigenvalue weighted by Gasteiger charge is -2.30. The van der Waals surface area contributed by atoms with Gasteiger partial charge in [0, 0.05) is 17.2 Å². The summed E-state index contributed by atoms with van der Waals surface area (Å²) in [5.74, 6) is 1.61. The number of hydrogen-bond donors (Lipinski definition) is 2. The zero-order chi connectivity index (χ0) is 17.6. The topological polar surface area (TPSA) is 27.3 Å². The first kappa shape index (κ1) is 17.7. The van der Waals surface area contributed by atoms with Crippen LogP contribution in [-0.2, 0) is 13.1 Å². The highest BCUT2D eigenvalue weighted by Crippen LogP contribution is 2.23. The Balaban J connectivity index is 1.55. The Labute approximate surface area is 148 Å². The zero-order valence-corrected chi connectivity index (χ0v) is 15.0. The SMILES string of the molecule is COc1ccc(C[NH+]2CC[NH+](Cc3ccccc3F)CC2)c(OC)c1. The Kier molecular flexibility index (Phi) is 5.89. The van der Waals surface area contributed by atoms with Gasteiger partial charge in [-0.25, -0.2) is 4.39 Å². The van der Waals surface area contributed by atoms with Crippen LogP contribution in [0.5, 0.6) is 11.5 Å². The van der Waals surface area contributed by atoms with Crippen LogP contribution < -0.4 is 19.3 Å². The van der Waals surface area contributed by atoms with Gasteiger partial charge in [-0.2, -0.15) is 0 Å². The molecule has 0 radical (unpaired) electrons. The summed E-state index contributed by atoms with van der Waals surface area (Å²) in [5, 5.41) is 0. The van der Waals surface area contributed by atoms with E-state index in [1.54, 1.807) is 31.3 Å². The van der Waals surface area contributed by atoms with Gasteiger partial charge in [-0.1, -0.05) is 18.2 Å². The number of piperazine rings is 1. The Morgan fingerprint density at radius 1 is 0.840 bits per heavy atom. The molecule has 0 amide bonds.